The zero-order valence-corrected chi connectivity index (χ0v) is 15.7. The van der Waals surface area contributed by atoms with Crippen molar-refractivity contribution < 1.29 is 10.2 Å². The third-order valence-electron chi connectivity index (χ3n) is 5.06. The SMILES string of the molecule is C=CCc1ccc(O)c(-c2cc(CC=C)cc(CN3CC[C@H](N)C3)c2O)c1. The minimum atomic E-state index is 0.156. The number of nitrogens with zero attached hydrogens (tertiary/aromatic N) is 1. The Labute approximate surface area is 161 Å². The van der Waals surface area contributed by atoms with Crippen molar-refractivity contribution in [3.05, 3.63) is 72.3 Å². The maximum atomic E-state index is 11.0. The lowest BCUT2D eigenvalue weighted by Gasteiger charge is -2.19. The molecule has 0 amide bonds. The van der Waals surface area contributed by atoms with E-state index in [-0.39, 0.29) is 17.5 Å². The van der Waals surface area contributed by atoms with Crippen LogP contribution in [0, 0.1) is 0 Å². The molecule has 1 atom stereocenters. The summed E-state index contributed by atoms with van der Waals surface area (Å²) in [5, 5.41) is 21.4. The first-order valence-electron chi connectivity index (χ1n) is 9.38. The van der Waals surface area contributed by atoms with Crippen LogP contribution in [-0.4, -0.2) is 34.2 Å². The maximum Gasteiger partial charge on any atom is 0.128 e. The van der Waals surface area contributed by atoms with Crippen molar-refractivity contribution >= 4 is 0 Å². The third-order valence-corrected chi connectivity index (χ3v) is 5.06. The first-order chi connectivity index (χ1) is 13.0. The van der Waals surface area contributed by atoms with Gasteiger partial charge in [0.15, 0.2) is 0 Å². The number of allylic oxidation sites excluding steroid dienone is 2. The Balaban J connectivity index is 2.05. The molecule has 142 valence electrons. The average Bonchev–Trinajstić information content (AvgIpc) is 3.05. The zero-order valence-electron chi connectivity index (χ0n) is 15.7. The highest BCUT2D eigenvalue weighted by Gasteiger charge is 2.22. The summed E-state index contributed by atoms with van der Waals surface area (Å²) in [7, 11) is 0. The Morgan fingerprint density at radius 2 is 1.74 bits per heavy atom. The summed E-state index contributed by atoms with van der Waals surface area (Å²) in [5.74, 6) is 0.373. The Hall–Kier alpha value is -2.56. The molecular formula is C23H28N2O2. The molecule has 4 N–H and O–H groups in total. The van der Waals surface area contributed by atoms with Crippen LogP contribution in [0.3, 0.4) is 0 Å². The molecule has 0 saturated carbocycles. The smallest absolute Gasteiger partial charge is 0.128 e. The molecule has 1 heterocycles. The Morgan fingerprint density at radius 3 is 2.41 bits per heavy atom. The van der Waals surface area contributed by atoms with Crippen molar-refractivity contribution in [2.24, 2.45) is 5.73 Å². The molecule has 2 aromatic rings. The van der Waals surface area contributed by atoms with E-state index >= 15 is 0 Å². The van der Waals surface area contributed by atoms with Crippen LogP contribution in [0.5, 0.6) is 11.5 Å². The second kappa shape index (κ2) is 8.42. The lowest BCUT2D eigenvalue weighted by Crippen LogP contribution is -2.26. The fraction of sp³-hybridized carbons (Fsp3) is 0.304. The molecular weight excluding hydrogens is 336 g/mol. The molecule has 27 heavy (non-hydrogen) atoms. The van der Waals surface area contributed by atoms with E-state index in [0.29, 0.717) is 30.5 Å². The largest absolute Gasteiger partial charge is 0.507 e. The molecule has 1 saturated heterocycles. The number of aromatic hydroxyl groups is 2. The summed E-state index contributed by atoms with van der Waals surface area (Å²) in [4.78, 5) is 2.26. The van der Waals surface area contributed by atoms with E-state index in [4.69, 9.17) is 5.73 Å². The van der Waals surface area contributed by atoms with Gasteiger partial charge in [-0.15, -0.1) is 13.2 Å². The molecule has 2 aromatic carbocycles. The van der Waals surface area contributed by atoms with Crippen molar-refractivity contribution in [2.45, 2.75) is 31.8 Å². The molecule has 3 rings (SSSR count). The van der Waals surface area contributed by atoms with Gasteiger partial charge in [0.05, 0.1) is 0 Å². The Morgan fingerprint density at radius 1 is 1.04 bits per heavy atom. The molecule has 4 heteroatoms. The fourth-order valence-electron chi connectivity index (χ4n) is 3.71. The molecule has 0 unspecified atom stereocenters. The molecule has 1 aliphatic heterocycles. The molecule has 4 nitrogen and oxygen atoms in total. The molecule has 0 spiro atoms. The van der Waals surface area contributed by atoms with E-state index in [9.17, 15) is 10.2 Å². The number of nitrogens with two attached hydrogens (primary N) is 1. The van der Waals surface area contributed by atoms with Gasteiger partial charge < -0.3 is 15.9 Å². The highest BCUT2D eigenvalue weighted by atomic mass is 16.3. The minimum Gasteiger partial charge on any atom is -0.507 e. The molecule has 0 bridgehead atoms. The number of phenolic OH excluding ortho intramolecular Hbond substituents is 2. The van der Waals surface area contributed by atoms with Crippen molar-refractivity contribution in [1.29, 1.82) is 0 Å². The van der Waals surface area contributed by atoms with Crippen LogP contribution in [0.1, 0.15) is 23.1 Å². The van der Waals surface area contributed by atoms with Gasteiger partial charge in [-0.3, -0.25) is 4.90 Å². The van der Waals surface area contributed by atoms with Gasteiger partial charge in [0.2, 0.25) is 0 Å². The minimum absolute atomic E-state index is 0.156. The van der Waals surface area contributed by atoms with E-state index < -0.39 is 0 Å². The van der Waals surface area contributed by atoms with Crippen LogP contribution in [0.15, 0.2) is 55.6 Å². The predicted octanol–water partition coefficient (Wildman–Crippen LogP) is 3.75. The van der Waals surface area contributed by atoms with Crippen LogP contribution in [-0.2, 0) is 19.4 Å². The van der Waals surface area contributed by atoms with Gasteiger partial charge in [0, 0.05) is 42.4 Å². The Bertz CT molecular complexity index is 845. The normalized spacial score (nSPS) is 17.1. The molecule has 0 aromatic heterocycles. The number of likely N-dealkylation sites (tertiary alicyclic amines) is 1. The van der Waals surface area contributed by atoms with Crippen LogP contribution >= 0.6 is 0 Å². The van der Waals surface area contributed by atoms with Crippen molar-refractivity contribution in [1.82, 2.24) is 4.90 Å². The van der Waals surface area contributed by atoms with Gasteiger partial charge in [-0.25, -0.2) is 0 Å². The molecule has 0 radical (unpaired) electrons. The van der Waals surface area contributed by atoms with E-state index in [2.05, 4.69) is 18.1 Å². The summed E-state index contributed by atoms with van der Waals surface area (Å²) in [6, 6.07) is 9.62. The first-order valence-corrected chi connectivity index (χ1v) is 9.38. The van der Waals surface area contributed by atoms with Gasteiger partial charge in [-0.1, -0.05) is 24.3 Å². The lowest BCUT2D eigenvalue weighted by atomic mass is 9.94. The van der Waals surface area contributed by atoms with Crippen molar-refractivity contribution in [3.8, 4) is 22.6 Å². The predicted molar refractivity (Wildman–Crippen MR) is 111 cm³/mol. The van der Waals surface area contributed by atoms with Gasteiger partial charge in [-0.05, 0) is 48.6 Å². The number of phenols is 2. The van der Waals surface area contributed by atoms with Crippen LogP contribution in [0.2, 0.25) is 0 Å². The number of benzene rings is 2. The summed E-state index contributed by atoms with van der Waals surface area (Å²) in [6.45, 7) is 10.0. The summed E-state index contributed by atoms with van der Waals surface area (Å²) in [6.07, 6.45) is 6.06. The first kappa shape index (κ1) is 19.2. The Kier molecular flexibility index (Phi) is 5.99. The highest BCUT2D eigenvalue weighted by Crippen LogP contribution is 2.39. The van der Waals surface area contributed by atoms with E-state index in [1.807, 2.05) is 36.4 Å². The molecule has 0 aliphatic carbocycles. The van der Waals surface area contributed by atoms with E-state index in [1.54, 1.807) is 6.07 Å². The van der Waals surface area contributed by atoms with Crippen LogP contribution < -0.4 is 5.73 Å². The summed E-state index contributed by atoms with van der Waals surface area (Å²) in [5.41, 5.74) is 10.3. The van der Waals surface area contributed by atoms with Gasteiger partial charge >= 0.3 is 0 Å². The maximum absolute atomic E-state index is 11.0. The number of hydrogen-bond donors (Lipinski definition) is 3. The van der Waals surface area contributed by atoms with Gasteiger partial charge in [-0.2, -0.15) is 0 Å². The van der Waals surface area contributed by atoms with Crippen molar-refractivity contribution in [3.63, 3.8) is 0 Å². The topological polar surface area (TPSA) is 69.7 Å². The molecule has 1 fully saturated rings. The standard InChI is InChI=1S/C23H28N2O2/c1-3-5-16-7-8-22(26)20(12-16)21-13-17(6-4-2)11-18(23(21)27)14-25-10-9-19(24)15-25/h3-4,7-8,11-13,19,26-27H,1-2,5-6,9-10,14-15,24H2/t19-/m0/s1. The lowest BCUT2D eigenvalue weighted by molar-refractivity contribution is 0.320. The zero-order chi connectivity index (χ0) is 19.4. The fourth-order valence-corrected chi connectivity index (χ4v) is 3.71. The quantitative estimate of drug-likeness (QED) is 0.655. The number of rotatable bonds is 7. The second-order valence-electron chi connectivity index (χ2n) is 7.27. The highest BCUT2D eigenvalue weighted by molar-refractivity contribution is 5.78. The number of hydrogen-bond acceptors (Lipinski definition) is 4. The van der Waals surface area contributed by atoms with Gasteiger partial charge in [0.25, 0.3) is 0 Å². The monoisotopic (exact) mass is 364 g/mol. The molecule has 1 aliphatic rings. The summed E-state index contributed by atoms with van der Waals surface area (Å²) < 4.78 is 0. The summed E-state index contributed by atoms with van der Waals surface area (Å²) >= 11 is 0. The van der Waals surface area contributed by atoms with Crippen LogP contribution in [0.4, 0.5) is 0 Å². The van der Waals surface area contributed by atoms with Gasteiger partial charge in [0.1, 0.15) is 11.5 Å². The average molecular weight is 364 g/mol. The third kappa shape index (κ3) is 4.41. The van der Waals surface area contributed by atoms with Crippen LogP contribution in [0.25, 0.3) is 11.1 Å². The van der Waals surface area contributed by atoms with Crippen molar-refractivity contribution in [2.75, 3.05) is 13.1 Å². The van der Waals surface area contributed by atoms with E-state index in [0.717, 1.165) is 36.2 Å². The second-order valence-corrected chi connectivity index (χ2v) is 7.27. The van der Waals surface area contributed by atoms with E-state index in [1.165, 1.54) is 0 Å².